The summed E-state index contributed by atoms with van der Waals surface area (Å²) >= 11 is 2.23. The average molecular weight is 379 g/mol. The summed E-state index contributed by atoms with van der Waals surface area (Å²) in [7, 11) is 0. The Hall–Kier alpha value is -1.89. The van der Waals surface area contributed by atoms with Crippen molar-refractivity contribution in [2.24, 2.45) is 0 Å². The molecule has 2 N–H and O–H groups in total. The van der Waals surface area contributed by atoms with Gasteiger partial charge in [-0.15, -0.1) is 0 Å². The lowest BCUT2D eigenvalue weighted by Crippen LogP contribution is -2.01. The number of nitrogen functional groups attached to an aromatic ring is 1. The van der Waals surface area contributed by atoms with Crippen molar-refractivity contribution < 1.29 is 4.39 Å². The van der Waals surface area contributed by atoms with Gasteiger partial charge < -0.3 is 5.73 Å². The van der Waals surface area contributed by atoms with Gasteiger partial charge in [0.25, 0.3) is 0 Å². The molecule has 0 bridgehead atoms. The van der Waals surface area contributed by atoms with Crippen LogP contribution < -0.4 is 5.73 Å². The van der Waals surface area contributed by atoms with Crippen molar-refractivity contribution in [2.75, 3.05) is 5.73 Å². The molecule has 0 saturated carbocycles. The second-order valence-corrected chi connectivity index (χ2v) is 5.57. The Morgan fingerprint density at radius 1 is 1.05 bits per heavy atom. The van der Waals surface area contributed by atoms with Gasteiger partial charge in [0.2, 0.25) is 0 Å². The molecule has 0 aliphatic rings. The lowest BCUT2D eigenvalue weighted by molar-refractivity contribution is 0.630. The van der Waals surface area contributed by atoms with Crippen LogP contribution in [0.3, 0.4) is 0 Å². The highest BCUT2D eigenvalue weighted by atomic mass is 127. The van der Waals surface area contributed by atoms with E-state index < -0.39 is 0 Å². The first-order chi connectivity index (χ1) is 9.65. The van der Waals surface area contributed by atoms with Gasteiger partial charge in [0.1, 0.15) is 11.6 Å². The molecule has 0 radical (unpaired) electrons. The topological polar surface area (TPSA) is 43.8 Å². The third-order valence-electron chi connectivity index (χ3n) is 2.94. The molecule has 0 saturated heterocycles. The van der Waals surface area contributed by atoms with E-state index in [0.717, 1.165) is 9.26 Å². The molecule has 0 atom stereocenters. The smallest absolute Gasteiger partial charge is 0.132 e. The number of halogens is 2. The Morgan fingerprint density at radius 3 is 2.60 bits per heavy atom. The highest BCUT2D eigenvalue weighted by Gasteiger charge is 2.11. The summed E-state index contributed by atoms with van der Waals surface area (Å²) < 4.78 is 16.5. The molecule has 3 nitrogen and oxygen atoms in total. The van der Waals surface area contributed by atoms with Crippen molar-refractivity contribution in [1.29, 1.82) is 0 Å². The van der Waals surface area contributed by atoms with Crippen LogP contribution in [0.15, 0.2) is 54.6 Å². The van der Waals surface area contributed by atoms with Gasteiger partial charge in [-0.1, -0.05) is 18.2 Å². The van der Waals surface area contributed by atoms with E-state index in [1.807, 2.05) is 24.3 Å². The van der Waals surface area contributed by atoms with E-state index in [4.69, 9.17) is 5.73 Å². The van der Waals surface area contributed by atoms with Crippen LogP contribution in [0.5, 0.6) is 0 Å². The molecule has 0 fully saturated rings. The zero-order chi connectivity index (χ0) is 14.1. The minimum atomic E-state index is -0.306. The van der Waals surface area contributed by atoms with E-state index in [0.29, 0.717) is 17.1 Å². The summed E-state index contributed by atoms with van der Waals surface area (Å²) in [6.45, 7) is 0. The summed E-state index contributed by atoms with van der Waals surface area (Å²) in [6.07, 6.45) is 0. The van der Waals surface area contributed by atoms with Gasteiger partial charge in [-0.05, 0) is 52.9 Å². The fourth-order valence-corrected chi connectivity index (χ4v) is 2.54. The predicted octanol–water partition coefficient (Wildman–Crippen LogP) is 3.87. The third-order valence-corrected chi connectivity index (χ3v) is 3.61. The monoisotopic (exact) mass is 379 g/mol. The van der Waals surface area contributed by atoms with E-state index in [1.165, 1.54) is 6.07 Å². The van der Waals surface area contributed by atoms with Crippen LogP contribution in [0, 0.1) is 9.39 Å². The van der Waals surface area contributed by atoms with Gasteiger partial charge in [-0.3, -0.25) is 0 Å². The quantitative estimate of drug-likeness (QED) is 0.688. The molecule has 100 valence electrons. The molecule has 0 amide bonds. The number of hydrogen-bond donors (Lipinski definition) is 1. The number of benzene rings is 2. The first-order valence-corrected chi connectivity index (χ1v) is 7.09. The van der Waals surface area contributed by atoms with Crippen molar-refractivity contribution >= 4 is 28.4 Å². The molecule has 20 heavy (non-hydrogen) atoms. The van der Waals surface area contributed by atoms with Gasteiger partial charge >= 0.3 is 0 Å². The van der Waals surface area contributed by atoms with E-state index >= 15 is 0 Å². The minimum Gasteiger partial charge on any atom is -0.384 e. The number of hydrogen-bond acceptors (Lipinski definition) is 2. The molecule has 3 rings (SSSR count). The number of nitrogens with two attached hydrogens (primary N) is 1. The van der Waals surface area contributed by atoms with E-state index in [1.54, 1.807) is 28.9 Å². The SMILES string of the molecule is Nc1cc(-c2ccccc2F)nn1-c1cccc(I)c1. The fraction of sp³-hybridized carbons (Fsp3) is 0. The molecule has 1 heterocycles. The van der Waals surface area contributed by atoms with Crippen LogP contribution in [-0.2, 0) is 0 Å². The lowest BCUT2D eigenvalue weighted by atomic mass is 10.1. The Bertz CT molecular complexity index is 767. The Morgan fingerprint density at radius 2 is 1.85 bits per heavy atom. The molecule has 3 aromatic rings. The molecular weight excluding hydrogens is 368 g/mol. The van der Waals surface area contributed by atoms with Crippen LogP contribution in [-0.4, -0.2) is 9.78 Å². The van der Waals surface area contributed by atoms with Gasteiger partial charge in [-0.25, -0.2) is 9.07 Å². The number of aromatic nitrogens is 2. The highest BCUT2D eigenvalue weighted by Crippen LogP contribution is 2.25. The zero-order valence-corrected chi connectivity index (χ0v) is 12.6. The molecule has 0 spiro atoms. The van der Waals surface area contributed by atoms with Crippen LogP contribution in [0.1, 0.15) is 0 Å². The average Bonchev–Trinajstić information content (AvgIpc) is 2.81. The maximum atomic E-state index is 13.8. The molecule has 1 aromatic heterocycles. The minimum absolute atomic E-state index is 0.306. The van der Waals surface area contributed by atoms with Crippen molar-refractivity contribution in [1.82, 2.24) is 9.78 Å². The van der Waals surface area contributed by atoms with Crippen LogP contribution in [0.4, 0.5) is 10.2 Å². The first kappa shape index (κ1) is 13.1. The summed E-state index contributed by atoms with van der Waals surface area (Å²) in [5.41, 5.74) is 7.82. The van der Waals surface area contributed by atoms with Crippen LogP contribution in [0.2, 0.25) is 0 Å². The lowest BCUT2D eigenvalue weighted by Gasteiger charge is -2.04. The Labute approximate surface area is 129 Å². The standard InChI is InChI=1S/C15H11FIN3/c16-13-7-2-1-6-12(13)14-9-15(18)20(19-14)11-5-3-4-10(17)8-11/h1-9H,18H2. The molecule has 5 heteroatoms. The predicted molar refractivity (Wildman–Crippen MR) is 86.1 cm³/mol. The van der Waals surface area contributed by atoms with Crippen LogP contribution in [0.25, 0.3) is 16.9 Å². The first-order valence-electron chi connectivity index (χ1n) is 6.01. The third kappa shape index (κ3) is 2.40. The van der Waals surface area contributed by atoms with Gasteiger partial charge in [0.05, 0.1) is 11.4 Å². The van der Waals surface area contributed by atoms with Crippen molar-refractivity contribution in [3.05, 3.63) is 64.0 Å². The molecule has 0 unspecified atom stereocenters. The summed E-state index contributed by atoms with van der Waals surface area (Å²) in [5, 5.41) is 4.40. The van der Waals surface area contributed by atoms with E-state index in [9.17, 15) is 4.39 Å². The maximum Gasteiger partial charge on any atom is 0.132 e. The summed E-state index contributed by atoms with van der Waals surface area (Å²) in [6, 6.07) is 16.0. The van der Waals surface area contributed by atoms with Crippen molar-refractivity contribution in [3.8, 4) is 16.9 Å². The summed E-state index contributed by atoms with van der Waals surface area (Å²) in [4.78, 5) is 0. The van der Waals surface area contributed by atoms with Crippen molar-refractivity contribution in [2.45, 2.75) is 0 Å². The molecule has 2 aromatic carbocycles. The second kappa shape index (κ2) is 5.24. The van der Waals surface area contributed by atoms with Gasteiger partial charge in [0.15, 0.2) is 0 Å². The molecular formula is C15H11FIN3. The number of anilines is 1. The van der Waals surface area contributed by atoms with Gasteiger partial charge in [0, 0.05) is 15.2 Å². The largest absolute Gasteiger partial charge is 0.384 e. The normalized spacial score (nSPS) is 10.7. The summed E-state index contributed by atoms with van der Waals surface area (Å²) in [5.74, 6) is 0.171. The number of rotatable bonds is 2. The zero-order valence-electron chi connectivity index (χ0n) is 10.4. The Kier molecular flexibility index (Phi) is 3.43. The maximum absolute atomic E-state index is 13.8. The Balaban J connectivity index is 2.10. The fourth-order valence-electron chi connectivity index (χ4n) is 2.01. The number of nitrogens with zero attached hydrogens (tertiary/aromatic N) is 2. The molecule has 0 aliphatic carbocycles. The highest BCUT2D eigenvalue weighted by molar-refractivity contribution is 14.1. The van der Waals surface area contributed by atoms with Gasteiger partial charge in [-0.2, -0.15) is 5.10 Å². The van der Waals surface area contributed by atoms with E-state index in [-0.39, 0.29) is 5.82 Å². The second-order valence-electron chi connectivity index (χ2n) is 4.33. The van der Waals surface area contributed by atoms with Crippen molar-refractivity contribution in [3.63, 3.8) is 0 Å². The van der Waals surface area contributed by atoms with Crippen LogP contribution >= 0.6 is 22.6 Å². The van der Waals surface area contributed by atoms with E-state index in [2.05, 4.69) is 27.7 Å². The molecule has 0 aliphatic heterocycles.